The van der Waals surface area contributed by atoms with Crippen molar-refractivity contribution in [1.29, 1.82) is 0 Å². The number of hydrogen-bond acceptors (Lipinski definition) is 2. The Labute approximate surface area is 94.7 Å². The highest BCUT2D eigenvalue weighted by atomic mass is 32.2. The first-order valence-electron chi connectivity index (χ1n) is 5.17. The minimum absolute atomic E-state index is 0.311. The maximum Gasteiger partial charge on any atom is 0.129 e. The Hall–Kier alpha value is -0.540. The van der Waals surface area contributed by atoms with Crippen LogP contribution in [-0.2, 0) is 0 Å². The van der Waals surface area contributed by atoms with Gasteiger partial charge in [-0.2, -0.15) is 11.8 Å². The van der Waals surface area contributed by atoms with E-state index in [1.165, 1.54) is 6.07 Å². The summed E-state index contributed by atoms with van der Waals surface area (Å²) in [7, 11) is 0. The number of hydrogen-bond donors (Lipinski definition) is 1. The Morgan fingerprint density at radius 1 is 1.47 bits per heavy atom. The van der Waals surface area contributed by atoms with Gasteiger partial charge in [-0.1, -0.05) is 24.6 Å². The lowest BCUT2D eigenvalue weighted by atomic mass is 10.0. The second-order valence-corrected chi connectivity index (χ2v) is 4.92. The predicted molar refractivity (Wildman–Crippen MR) is 63.7 cm³/mol. The van der Waals surface area contributed by atoms with E-state index in [2.05, 4.69) is 6.92 Å². The summed E-state index contributed by atoms with van der Waals surface area (Å²) in [5.41, 5.74) is 1.40. The molecule has 0 spiro atoms. The van der Waals surface area contributed by atoms with E-state index >= 15 is 0 Å². The number of benzene rings is 1. The molecule has 1 unspecified atom stereocenters. The quantitative estimate of drug-likeness (QED) is 0.780. The average molecular weight is 228 g/mol. The molecule has 1 nitrogen and oxygen atoms in total. The Morgan fingerprint density at radius 2 is 2.20 bits per heavy atom. The molecular weight excluding hydrogens is 211 g/mol. The topological polar surface area (TPSA) is 20.2 Å². The van der Waals surface area contributed by atoms with E-state index < -0.39 is 6.10 Å². The molecule has 0 saturated carbocycles. The zero-order chi connectivity index (χ0) is 11.3. The van der Waals surface area contributed by atoms with Crippen LogP contribution in [0.4, 0.5) is 4.39 Å². The van der Waals surface area contributed by atoms with Crippen LogP contribution < -0.4 is 0 Å². The number of aryl methyl sites for hydroxylation is 1. The van der Waals surface area contributed by atoms with E-state index in [0.717, 1.165) is 17.1 Å². The van der Waals surface area contributed by atoms with Crippen molar-refractivity contribution in [1.82, 2.24) is 0 Å². The van der Waals surface area contributed by atoms with Crippen LogP contribution in [0.1, 0.15) is 30.6 Å². The van der Waals surface area contributed by atoms with Gasteiger partial charge >= 0.3 is 0 Å². The standard InChI is InChI=1S/C12H17FOS/c1-3-15-7-6-12(14)10-8-9(2)4-5-11(10)13/h4-5,8,12,14H,3,6-7H2,1-2H3. The van der Waals surface area contributed by atoms with Crippen LogP contribution in [-0.4, -0.2) is 16.6 Å². The van der Waals surface area contributed by atoms with Gasteiger partial charge in [0.15, 0.2) is 0 Å². The van der Waals surface area contributed by atoms with Gasteiger partial charge in [0.25, 0.3) is 0 Å². The number of halogens is 1. The largest absolute Gasteiger partial charge is 0.388 e. The Bertz CT molecular complexity index is 314. The van der Waals surface area contributed by atoms with E-state index in [0.29, 0.717) is 12.0 Å². The van der Waals surface area contributed by atoms with Crippen LogP contribution in [0.3, 0.4) is 0 Å². The van der Waals surface area contributed by atoms with Gasteiger partial charge < -0.3 is 5.11 Å². The fourth-order valence-corrected chi connectivity index (χ4v) is 2.09. The molecule has 0 bridgehead atoms. The minimum atomic E-state index is -0.677. The molecule has 1 rings (SSSR count). The first-order valence-corrected chi connectivity index (χ1v) is 6.32. The van der Waals surface area contributed by atoms with Crippen molar-refractivity contribution < 1.29 is 9.50 Å². The van der Waals surface area contributed by atoms with Crippen LogP contribution in [0.25, 0.3) is 0 Å². The van der Waals surface area contributed by atoms with Crippen molar-refractivity contribution >= 4 is 11.8 Å². The molecule has 0 aromatic heterocycles. The molecule has 15 heavy (non-hydrogen) atoms. The van der Waals surface area contributed by atoms with Crippen LogP contribution in [0, 0.1) is 12.7 Å². The molecule has 1 aromatic carbocycles. The fourth-order valence-electron chi connectivity index (χ4n) is 1.41. The van der Waals surface area contributed by atoms with Crippen LogP contribution in [0.15, 0.2) is 18.2 Å². The molecule has 0 aliphatic carbocycles. The zero-order valence-electron chi connectivity index (χ0n) is 9.16. The highest BCUT2D eigenvalue weighted by molar-refractivity contribution is 7.99. The molecule has 3 heteroatoms. The Balaban J connectivity index is 2.64. The van der Waals surface area contributed by atoms with Gasteiger partial charge in [0.05, 0.1) is 6.10 Å². The molecular formula is C12H17FOS. The van der Waals surface area contributed by atoms with Crippen molar-refractivity contribution in [2.45, 2.75) is 26.4 Å². The smallest absolute Gasteiger partial charge is 0.129 e. The lowest BCUT2D eigenvalue weighted by molar-refractivity contribution is 0.170. The number of aliphatic hydroxyl groups is 1. The number of rotatable bonds is 5. The molecule has 84 valence electrons. The normalized spacial score (nSPS) is 12.8. The van der Waals surface area contributed by atoms with E-state index in [9.17, 15) is 9.50 Å². The van der Waals surface area contributed by atoms with Crippen LogP contribution in [0.5, 0.6) is 0 Å². The van der Waals surface area contributed by atoms with Gasteiger partial charge in [-0.25, -0.2) is 4.39 Å². The first-order chi connectivity index (χ1) is 7.15. The second-order valence-electron chi connectivity index (χ2n) is 3.53. The Kier molecular flexibility index (Phi) is 5.12. The van der Waals surface area contributed by atoms with Crippen molar-refractivity contribution in [2.75, 3.05) is 11.5 Å². The molecule has 0 radical (unpaired) electrons. The highest BCUT2D eigenvalue weighted by Gasteiger charge is 2.12. The number of aliphatic hydroxyl groups excluding tert-OH is 1. The summed E-state index contributed by atoms with van der Waals surface area (Å²) in [6.07, 6.45) is -0.0669. The minimum Gasteiger partial charge on any atom is -0.388 e. The molecule has 0 heterocycles. The molecule has 1 atom stereocenters. The first kappa shape index (κ1) is 12.5. The van der Waals surface area contributed by atoms with Crippen molar-refractivity contribution in [3.05, 3.63) is 35.1 Å². The summed E-state index contributed by atoms with van der Waals surface area (Å²) in [5.74, 6) is 1.59. The van der Waals surface area contributed by atoms with E-state index in [4.69, 9.17) is 0 Å². The maximum absolute atomic E-state index is 13.4. The third-order valence-corrected chi connectivity index (χ3v) is 3.18. The molecule has 0 amide bonds. The molecule has 0 saturated heterocycles. The molecule has 0 fully saturated rings. The van der Waals surface area contributed by atoms with E-state index in [1.54, 1.807) is 23.9 Å². The van der Waals surface area contributed by atoms with Gasteiger partial charge in [0, 0.05) is 5.56 Å². The molecule has 0 aliphatic heterocycles. The van der Waals surface area contributed by atoms with Gasteiger partial charge in [0.2, 0.25) is 0 Å². The maximum atomic E-state index is 13.4. The highest BCUT2D eigenvalue weighted by Crippen LogP contribution is 2.22. The summed E-state index contributed by atoms with van der Waals surface area (Å²) in [6, 6.07) is 4.85. The van der Waals surface area contributed by atoms with Gasteiger partial charge in [-0.05, 0) is 30.9 Å². The second kappa shape index (κ2) is 6.13. The third-order valence-electron chi connectivity index (χ3n) is 2.25. The summed E-state index contributed by atoms with van der Waals surface area (Å²) >= 11 is 1.76. The molecule has 1 aromatic rings. The van der Waals surface area contributed by atoms with Gasteiger partial charge in [0.1, 0.15) is 5.82 Å². The third kappa shape index (κ3) is 3.84. The van der Waals surface area contributed by atoms with Crippen LogP contribution in [0.2, 0.25) is 0 Å². The monoisotopic (exact) mass is 228 g/mol. The van der Waals surface area contributed by atoms with E-state index in [1.807, 2.05) is 6.92 Å². The van der Waals surface area contributed by atoms with Gasteiger partial charge in [-0.3, -0.25) is 0 Å². The van der Waals surface area contributed by atoms with Crippen molar-refractivity contribution in [3.63, 3.8) is 0 Å². The van der Waals surface area contributed by atoms with Gasteiger partial charge in [-0.15, -0.1) is 0 Å². The van der Waals surface area contributed by atoms with Crippen molar-refractivity contribution in [2.24, 2.45) is 0 Å². The summed E-state index contributed by atoms with van der Waals surface area (Å²) in [5, 5.41) is 9.80. The average Bonchev–Trinajstić information content (AvgIpc) is 2.22. The molecule has 1 N–H and O–H groups in total. The SMILES string of the molecule is CCSCCC(O)c1cc(C)ccc1F. The zero-order valence-corrected chi connectivity index (χ0v) is 9.98. The van der Waals surface area contributed by atoms with E-state index in [-0.39, 0.29) is 5.82 Å². The summed E-state index contributed by atoms with van der Waals surface area (Å²) in [6.45, 7) is 3.97. The van der Waals surface area contributed by atoms with Crippen molar-refractivity contribution in [3.8, 4) is 0 Å². The Morgan fingerprint density at radius 3 is 2.87 bits per heavy atom. The number of thioether (sulfide) groups is 1. The summed E-state index contributed by atoms with van der Waals surface area (Å²) < 4.78 is 13.4. The lowest BCUT2D eigenvalue weighted by Gasteiger charge is -2.12. The lowest BCUT2D eigenvalue weighted by Crippen LogP contribution is -2.02. The van der Waals surface area contributed by atoms with Crippen LogP contribution >= 0.6 is 11.8 Å². The predicted octanol–water partition coefficient (Wildman–Crippen LogP) is 3.31. The fraction of sp³-hybridized carbons (Fsp3) is 0.500. The summed E-state index contributed by atoms with van der Waals surface area (Å²) in [4.78, 5) is 0. The molecule has 0 aliphatic rings.